The van der Waals surface area contributed by atoms with E-state index in [0.717, 1.165) is 147 Å². The minimum absolute atomic E-state index is 0.348. The fourth-order valence-corrected chi connectivity index (χ4v) is 17.4. The molecule has 0 unspecified atom stereocenters. The number of aromatic nitrogens is 6. The number of hydrogen-bond donors (Lipinski definition) is 3. The van der Waals surface area contributed by atoms with Gasteiger partial charge in [0.05, 0.1) is 58.3 Å². The Hall–Kier alpha value is -11.2. The van der Waals surface area contributed by atoms with Gasteiger partial charge in [0.15, 0.2) is 0 Å². The number of aryl methyl sites for hydroxylation is 4. The molecule has 3 aromatic heterocycles. The molecule has 13 nitrogen and oxygen atoms in total. The number of ether oxygens (including phenoxy) is 4. The number of hydrogen-bond acceptors (Lipinski definition) is 10. The van der Waals surface area contributed by atoms with Crippen LogP contribution in [0.5, 0.6) is 23.0 Å². The summed E-state index contributed by atoms with van der Waals surface area (Å²) >= 11 is 0. The Morgan fingerprint density at radius 1 is 0.259 bits per heavy atom. The van der Waals surface area contributed by atoms with Gasteiger partial charge in [-0.05, 0) is 235 Å². The number of imidazole rings is 3. The highest BCUT2D eigenvalue weighted by molar-refractivity contribution is 5.99. The minimum Gasteiger partial charge on any atom is -0.488 e. The van der Waals surface area contributed by atoms with Gasteiger partial charge in [0, 0.05) is 98.7 Å². The van der Waals surface area contributed by atoms with Crippen molar-refractivity contribution in [1.82, 2.24) is 29.9 Å². The van der Waals surface area contributed by atoms with Crippen molar-refractivity contribution in [2.45, 2.75) is 172 Å². The average molecular weight is 1420 g/mol. The van der Waals surface area contributed by atoms with E-state index in [1.54, 1.807) is 0 Å². The summed E-state index contributed by atoms with van der Waals surface area (Å²) in [5.41, 5.74) is 43.8. The quantitative estimate of drug-likeness (QED) is 0.110. The first-order valence-electron chi connectivity index (χ1n) is 39.1. The van der Waals surface area contributed by atoms with Gasteiger partial charge in [-0.25, -0.2) is 15.0 Å². The molecule has 13 heteroatoms. The third kappa shape index (κ3) is 11.9. The van der Waals surface area contributed by atoms with Gasteiger partial charge in [0.25, 0.3) is 0 Å². The lowest BCUT2D eigenvalue weighted by atomic mass is 9.74. The Morgan fingerprint density at radius 2 is 0.519 bits per heavy atom. The summed E-state index contributed by atoms with van der Waals surface area (Å²) in [7, 11) is 0. The van der Waals surface area contributed by atoms with Crippen molar-refractivity contribution in [3.63, 3.8) is 0 Å². The zero-order valence-corrected chi connectivity index (χ0v) is 63.9. The molecule has 3 N–H and O–H groups in total. The number of aliphatic imine (C=N–C) groups is 3. The van der Waals surface area contributed by atoms with Gasteiger partial charge in [-0.1, -0.05) is 113 Å². The van der Waals surface area contributed by atoms with Crippen LogP contribution in [-0.2, 0) is 71.4 Å². The van der Waals surface area contributed by atoms with Crippen LogP contribution in [0.1, 0.15) is 180 Å². The van der Waals surface area contributed by atoms with Crippen molar-refractivity contribution >= 4 is 34.2 Å². The number of rotatable bonds is 12. The third-order valence-electron chi connectivity index (χ3n) is 23.5. The van der Waals surface area contributed by atoms with Crippen molar-refractivity contribution in [2.75, 3.05) is 0 Å². The van der Waals surface area contributed by atoms with E-state index < -0.39 is 0 Å². The number of benzene rings is 9. The Morgan fingerprint density at radius 3 is 0.852 bits per heavy atom. The maximum atomic E-state index is 6.35. The Labute approximate surface area is 632 Å². The third-order valence-corrected chi connectivity index (χ3v) is 23.5. The molecule has 9 aromatic carbocycles. The lowest BCUT2D eigenvalue weighted by Crippen LogP contribution is -2.15. The van der Waals surface area contributed by atoms with E-state index in [0.29, 0.717) is 61.9 Å². The molecule has 7 aliphatic heterocycles. The Balaban J connectivity index is 0.000000110. The molecular weight excluding hydrogens is 1330 g/mol. The van der Waals surface area contributed by atoms with Crippen LogP contribution >= 0.6 is 0 Å². The van der Waals surface area contributed by atoms with Crippen LogP contribution in [-0.4, -0.2) is 47.0 Å². The fraction of sp³-hybridized carbons (Fsp3) is 0.305. The van der Waals surface area contributed by atoms with Crippen LogP contribution in [0, 0.1) is 17.8 Å². The predicted octanol–water partition coefficient (Wildman–Crippen LogP) is 23.2. The van der Waals surface area contributed by atoms with Crippen molar-refractivity contribution < 1.29 is 18.9 Å². The van der Waals surface area contributed by atoms with Gasteiger partial charge in [0.1, 0.15) is 66.9 Å². The Kier molecular flexibility index (Phi) is 16.5. The highest BCUT2D eigenvalue weighted by Gasteiger charge is 2.34. The van der Waals surface area contributed by atoms with Crippen LogP contribution in [0.25, 0.3) is 101 Å². The molecule has 0 saturated carbocycles. The topological polar surface area (TPSA) is 160 Å². The molecule has 10 heterocycles. The van der Waals surface area contributed by atoms with Gasteiger partial charge in [-0.3, -0.25) is 15.0 Å². The fourth-order valence-electron chi connectivity index (χ4n) is 17.4. The zero-order chi connectivity index (χ0) is 73.7. The molecule has 540 valence electrons. The number of nitrogens with one attached hydrogen (secondary N) is 3. The van der Waals surface area contributed by atoms with Gasteiger partial charge in [-0.2, -0.15) is 0 Å². The largest absolute Gasteiger partial charge is 0.488 e. The van der Waals surface area contributed by atoms with Crippen molar-refractivity contribution in [1.29, 1.82) is 0 Å². The molecule has 0 atom stereocenters. The maximum absolute atomic E-state index is 6.35. The second-order valence-corrected chi connectivity index (χ2v) is 32.9. The summed E-state index contributed by atoms with van der Waals surface area (Å²) < 4.78 is 25.3. The lowest BCUT2D eigenvalue weighted by Gasteiger charge is -2.30. The summed E-state index contributed by atoms with van der Waals surface area (Å²) in [6.45, 7) is 28.4. The molecule has 2 aliphatic carbocycles. The molecule has 12 aromatic rings. The molecule has 0 bridgehead atoms. The second-order valence-electron chi connectivity index (χ2n) is 32.9. The first-order valence-corrected chi connectivity index (χ1v) is 39.1. The smallest absolute Gasteiger partial charge is 0.132 e. The van der Waals surface area contributed by atoms with E-state index >= 15 is 0 Å². The van der Waals surface area contributed by atoms with Crippen LogP contribution < -0.4 is 18.9 Å². The predicted molar refractivity (Wildman–Crippen MR) is 436 cm³/mol. The van der Waals surface area contributed by atoms with E-state index in [4.69, 9.17) is 33.9 Å². The minimum atomic E-state index is 0.348. The molecular formula is C95H91N9O4. The van der Waals surface area contributed by atoms with Gasteiger partial charge >= 0.3 is 0 Å². The maximum Gasteiger partial charge on any atom is 0.132 e. The van der Waals surface area contributed by atoms with Gasteiger partial charge < -0.3 is 33.9 Å². The summed E-state index contributed by atoms with van der Waals surface area (Å²) in [6.07, 6.45) is 13.1. The number of aromatic amines is 3. The average Bonchev–Trinajstić information content (AvgIpc) is 1.20. The standard InChI is InChI=1S/C33H33N3.2C31H29N3O2/c1-18(2)29-16-27-11-20(9-10-28(27)35-29)25-12-21-5-7-23-14-26(30-17-34-33(36-30)19(3)4)15-24-8-6-22(13-25)31(21)32(23)24;1-16(2)25-10-20-7-18(5-6-24(20)33-25)19-8-22-14-36-28-12-21(26-13-32-31(34-26)17(3)4)9-23-15-35-27(11-19)29(22)30(23)28;1-16(2)25-10-20-7-18(5-6-24(20)33-25)19-8-22-14-35-27-11-21(26-13-32-31(34-26)17(3)4)12-28-30(27)29(22)23(9-19)15-36-28/h9-15,17-19H,5-8,16H2,1-4H3,(H,34,36);2*5-9,11-13,16-17H,10,14-15H2,1-4H3,(H,32,34). The number of nitrogens with zero attached hydrogens (tertiary/aromatic N) is 6. The van der Waals surface area contributed by atoms with Crippen LogP contribution in [0.2, 0.25) is 0 Å². The molecule has 0 radical (unpaired) electrons. The summed E-state index contributed by atoms with van der Waals surface area (Å²) in [4.78, 5) is 38.7. The van der Waals surface area contributed by atoms with Gasteiger partial charge in [-0.15, -0.1) is 0 Å². The summed E-state index contributed by atoms with van der Waals surface area (Å²) in [5.74, 6) is 9.22. The van der Waals surface area contributed by atoms with E-state index in [2.05, 4.69) is 240 Å². The molecule has 0 amide bonds. The van der Waals surface area contributed by atoms with E-state index in [1.807, 2.05) is 18.6 Å². The SMILES string of the molecule is CC(C)C1=Nc2ccc(-c3cc4c5c(c3)CCc3cc(-c6cnc(C(C)C)[nH]6)cc(c3-5)CC4)cc2C1.CC(C)C1=Nc2ccc(-c3cc4c5c(c3)COc3cc(-c6cnc(C(C)C)[nH]6)cc(c3-5)OC4)cc2C1.CC(C)C1=Nc2ccc(-c3cc4c5c(c3)OCc3cc(-c6cnc(C(C)C)[nH]6)cc(c3-5)OC4)cc2C1. The highest BCUT2D eigenvalue weighted by Crippen LogP contribution is 2.54. The monoisotopic (exact) mass is 1420 g/mol. The Bertz CT molecular complexity index is 5130. The number of H-pyrrole nitrogens is 3. The zero-order valence-electron chi connectivity index (χ0n) is 63.9. The molecule has 0 saturated heterocycles. The lowest BCUT2D eigenvalue weighted by molar-refractivity contribution is 0.277. The second kappa shape index (κ2) is 26.3. The normalized spacial score (nSPS) is 15.0. The van der Waals surface area contributed by atoms with E-state index in [1.165, 1.54) is 134 Å². The molecule has 0 spiro atoms. The molecule has 0 fully saturated rings. The van der Waals surface area contributed by atoms with Gasteiger partial charge in [0.2, 0.25) is 0 Å². The molecule has 21 rings (SSSR count). The van der Waals surface area contributed by atoms with E-state index in [-0.39, 0.29) is 0 Å². The van der Waals surface area contributed by atoms with E-state index in [9.17, 15) is 0 Å². The number of fused-ring (bicyclic) bond motifs is 3. The summed E-state index contributed by atoms with van der Waals surface area (Å²) in [5, 5.41) is 0. The van der Waals surface area contributed by atoms with Crippen molar-refractivity contribution in [2.24, 2.45) is 32.7 Å². The van der Waals surface area contributed by atoms with Crippen LogP contribution in [0.15, 0.2) is 161 Å². The molecule has 108 heavy (non-hydrogen) atoms. The molecule has 9 aliphatic rings. The highest BCUT2D eigenvalue weighted by atomic mass is 16.5. The summed E-state index contributed by atoms with van der Waals surface area (Å²) in [6, 6.07) is 47.5. The van der Waals surface area contributed by atoms with Crippen LogP contribution in [0.4, 0.5) is 17.1 Å². The van der Waals surface area contributed by atoms with Crippen LogP contribution in [0.3, 0.4) is 0 Å². The first kappa shape index (κ1) is 67.4. The first-order chi connectivity index (χ1) is 52.3. The van der Waals surface area contributed by atoms with Crippen molar-refractivity contribution in [3.05, 3.63) is 225 Å². The van der Waals surface area contributed by atoms with Crippen molar-refractivity contribution in [3.8, 4) is 124 Å².